The van der Waals surface area contributed by atoms with E-state index < -0.39 is 29.5 Å². The maximum absolute atomic E-state index is 12.9. The standard InChI is InChI=1S/C24H17ClF3N5O3/c1-2-21(34)32-8-9-33-19(12-29-20(33)13-32)23(36)31-18-10-14(6-7-17(18)25)22(35)30-16-5-3-4-15(11-16)24(26,27)28/h1,3-7,10-12H,8-9,13H2,(H,30,35)(H,31,36). The van der Waals surface area contributed by atoms with Crippen molar-refractivity contribution in [3.8, 4) is 12.3 Å². The number of hydrogen-bond acceptors (Lipinski definition) is 4. The average molecular weight is 516 g/mol. The monoisotopic (exact) mass is 515 g/mol. The van der Waals surface area contributed by atoms with E-state index >= 15 is 0 Å². The third-order valence-electron chi connectivity index (χ3n) is 5.43. The van der Waals surface area contributed by atoms with E-state index in [4.69, 9.17) is 18.0 Å². The van der Waals surface area contributed by atoms with Crippen molar-refractivity contribution in [1.82, 2.24) is 14.5 Å². The van der Waals surface area contributed by atoms with Gasteiger partial charge in [0.1, 0.15) is 11.5 Å². The molecule has 0 saturated heterocycles. The van der Waals surface area contributed by atoms with Crippen LogP contribution in [0.15, 0.2) is 48.7 Å². The summed E-state index contributed by atoms with van der Waals surface area (Å²) in [7, 11) is 0. The summed E-state index contributed by atoms with van der Waals surface area (Å²) in [6, 6.07) is 8.28. The number of fused-ring (bicyclic) bond motifs is 1. The molecular formula is C24H17ClF3N5O3. The van der Waals surface area contributed by atoms with Crippen molar-refractivity contribution in [1.29, 1.82) is 0 Å². The van der Waals surface area contributed by atoms with E-state index in [9.17, 15) is 27.6 Å². The number of nitrogens with zero attached hydrogens (tertiary/aromatic N) is 3. The molecule has 0 spiro atoms. The number of carbonyl (C=O) groups is 3. The van der Waals surface area contributed by atoms with Gasteiger partial charge < -0.3 is 20.1 Å². The smallest absolute Gasteiger partial charge is 0.323 e. The Bertz CT molecular complexity index is 1410. The molecule has 3 aromatic rings. The predicted molar refractivity (Wildman–Crippen MR) is 125 cm³/mol. The number of amides is 3. The molecule has 1 aliphatic rings. The van der Waals surface area contributed by atoms with Crippen molar-refractivity contribution >= 4 is 40.7 Å². The first-order valence-electron chi connectivity index (χ1n) is 10.5. The van der Waals surface area contributed by atoms with E-state index in [1.165, 1.54) is 41.4 Å². The molecule has 184 valence electrons. The number of terminal acetylenes is 1. The Morgan fingerprint density at radius 1 is 1.06 bits per heavy atom. The lowest BCUT2D eigenvalue weighted by Crippen LogP contribution is -2.38. The fraction of sp³-hybridized carbons (Fsp3) is 0.167. The molecule has 0 unspecified atom stereocenters. The van der Waals surface area contributed by atoms with Crippen LogP contribution >= 0.6 is 11.6 Å². The van der Waals surface area contributed by atoms with Crippen LogP contribution in [-0.4, -0.2) is 38.7 Å². The summed E-state index contributed by atoms with van der Waals surface area (Å²) in [6.45, 7) is 0.763. The van der Waals surface area contributed by atoms with Crippen LogP contribution in [0.4, 0.5) is 24.5 Å². The molecular weight excluding hydrogens is 499 g/mol. The highest BCUT2D eigenvalue weighted by Crippen LogP contribution is 2.31. The van der Waals surface area contributed by atoms with Gasteiger partial charge in [-0.1, -0.05) is 17.7 Å². The normalized spacial score (nSPS) is 12.9. The Labute approximate surface area is 208 Å². The molecule has 12 heteroatoms. The molecule has 4 rings (SSSR count). The summed E-state index contributed by atoms with van der Waals surface area (Å²) in [6.07, 6.45) is 1.96. The quantitative estimate of drug-likeness (QED) is 0.513. The van der Waals surface area contributed by atoms with Gasteiger partial charge in [-0.05, 0) is 42.3 Å². The van der Waals surface area contributed by atoms with Crippen LogP contribution in [0.5, 0.6) is 0 Å². The highest BCUT2D eigenvalue weighted by Gasteiger charge is 2.30. The third-order valence-corrected chi connectivity index (χ3v) is 5.76. The number of halogens is 4. The van der Waals surface area contributed by atoms with E-state index in [0.717, 1.165) is 12.1 Å². The lowest BCUT2D eigenvalue weighted by molar-refractivity contribution is -0.137. The highest BCUT2D eigenvalue weighted by molar-refractivity contribution is 6.34. The van der Waals surface area contributed by atoms with Crippen LogP contribution in [0.1, 0.15) is 32.2 Å². The van der Waals surface area contributed by atoms with Gasteiger partial charge in [0.2, 0.25) is 0 Å². The topological polar surface area (TPSA) is 96.3 Å². The molecule has 1 aliphatic heterocycles. The van der Waals surface area contributed by atoms with Gasteiger partial charge in [0.05, 0.1) is 29.0 Å². The van der Waals surface area contributed by atoms with Gasteiger partial charge in [0.25, 0.3) is 17.7 Å². The number of carbonyl (C=O) groups excluding carboxylic acids is 3. The Kier molecular flexibility index (Phi) is 6.72. The Balaban J connectivity index is 1.50. The molecule has 1 aromatic heterocycles. The van der Waals surface area contributed by atoms with Crippen molar-refractivity contribution in [2.75, 3.05) is 17.2 Å². The third kappa shape index (κ3) is 5.18. The average Bonchev–Trinajstić information content (AvgIpc) is 3.28. The second-order valence-corrected chi connectivity index (χ2v) is 8.17. The first-order valence-corrected chi connectivity index (χ1v) is 10.8. The first kappa shape index (κ1) is 24.8. The molecule has 0 radical (unpaired) electrons. The van der Waals surface area contributed by atoms with Crippen LogP contribution in [0.3, 0.4) is 0 Å². The van der Waals surface area contributed by atoms with Gasteiger partial charge in [0, 0.05) is 24.3 Å². The van der Waals surface area contributed by atoms with Crippen LogP contribution < -0.4 is 10.6 Å². The van der Waals surface area contributed by atoms with E-state index in [-0.39, 0.29) is 34.2 Å². The summed E-state index contributed by atoms with van der Waals surface area (Å²) < 4.78 is 40.5. The molecule has 2 heterocycles. The second-order valence-electron chi connectivity index (χ2n) is 7.76. The lowest BCUT2D eigenvalue weighted by atomic mass is 10.1. The van der Waals surface area contributed by atoms with Crippen LogP contribution in [0.2, 0.25) is 5.02 Å². The van der Waals surface area contributed by atoms with Gasteiger partial charge in [-0.15, -0.1) is 6.42 Å². The highest BCUT2D eigenvalue weighted by atomic mass is 35.5. The summed E-state index contributed by atoms with van der Waals surface area (Å²) in [5.41, 5.74) is -0.550. The van der Waals surface area contributed by atoms with E-state index in [0.29, 0.717) is 18.9 Å². The van der Waals surface area contributed by atoms with Gasteiger partial charge >= 0.3 is 6.18 Å². The molecule has 3 amide bonds. The minimum absolute atomic E-state index is 0.0430. The molecule has 0 fully saturated rings. The number of rotatable bonds is 4. The van der Waals surface area contributed by atoms with E-state index in [2.05, 4.69) is 15.6 Å². The van der Waals surface area contributed by atoms with Gasteiger partial charge in [-0.25, -0.2) is 4.98 Å². The first-order chi connectivity index (χ1) is 17.1. The Morgan fingerprint density at radius 3 is 2.56 bits per heavy atom. The molecule has 0 aliphatic carbocycles. The molecule has 0 saturated carbocycles. The van der Waals surface area contributed by atoms with Gasteiger partial charge in [0.15, 0.2) is 0 Å². The number of anilines is 2. The minimum atomic E-state index is -4.56. The number of imidazole rings is 1. The number of aromatic nitrogens is 2. The number of alkyl halides is 3. The predicted octanol–water partition coefficient (Wildman–Crippen LogP) is 4.04. The molecule has 8 nitrogen and oxygen atoms in total. The zero-order chi connectivity index (χ0) is 26.0. The molecule has 0 bridgehead atoms. The zero-order valence-corrected chi connectivity index (χ0v) is 19.2. The number of benzene rings is 2. The molecule has 36 heavy (non-hydrogen) atoms. The summed E-state index contributed by atoms with van der Waals surface area (Å²) >= 11 is 6.19. The number of nitrogens with one attached hydrogen (secondary N) is 2. The summed E-state index contributed by atoms with van der Waals surface area (Å²) in [4.78, 5) is 42.9. The van der Waals surface area contributed by atoms with Crippen molar-refractivity contribution in [2.45, 2.75) is 19.3 Å². The van der Waals surface area contributed by atoms with Crippen molar-refractivity contribution in [3.63, 3.8) is 0 Å². The van der Waals surface area contributed by atoms with Gasteiger partial charge in [-0.2, -0.15) is 13.2 Å². The van der Waals surface area contributed by atoms with Gasteiger partial charge in [-0.3, -0.25) is 14.4 Å². The van der Waals surface area contributed by atoms with E-state index in [1.54, 1.807) is 4.57 Å². The summed E-state index contributed by atoms with van der Waals surface area (Å²) in [5, 5.41) is 5.17. The minimum Gasteiger partial charge on any atom is -0.323 e. The largest absolute Gasteiger partial charge is 0.416 e. The fourth-order valence-electron chi connectivity index (χ4n) is 3.63. The van der Waals surface area contributed by atoms with E-state index in [1.807, 2.05) is 5.92 Å². The van der Waals surface area contributed by atoms with Crippen molar-refractivity contribution < 1.29 is 27.6 Å². The molecule has 0 atom stereocenters. The van der Waals surface area contributed by atoms with Crippen molar-refractivity contribution in [3.05, 3.63) is 76.3 Å². The van der Waals surface area contributed by atoms with Crippen LogP contribution in [0, 0.1) is 12.3 Å². The second kappa shape index (κ2) is 9.75. The Morgan fingerprint density at radius 2 is 1.83 bits per heavy atom. The number of hydrogen-bond donors (Lipinski definition) is 2. The van der Waals surface area contributed by atoms with Crippen LogP contribution in [0.25, 0.3) is 0 Å². The van der Waals surface area contributed by atoms with Crippen molar-refractivity contribution in [2.24, 2.45) is 0 Å². The maximum atomic E-state index is 12.9. The summed E-state index contributed by atoms with van der Waals surface area (Å²) in [5.74, 6) is 0.812. The lowest BCUT2D eigenvalue weighted by Gasteiger charge is -2.26. The molecule has 2 N–H and O–H groups in total. The zero-order valence-electron chi connectivity index (χ0n) is 18.4. The maximum Gasteiger partial charge on any atom is 0.416 e. The van der Waals surface area contributed by atoms with Crippen LogP contribution in [-0.2, 0) is 24.1 Å². The SMILES string of the molecule is C#CC(=O)N1CCn2c(C(=O)Nc3cc(C(=O)Nc4cccc(C(F)(F)F)c4)ccc3Cl)cnc2C1. The molecule has 2 aromatic carbocycles. The Hall–Kier alpha value is -4.30. The fourth-order valence-corrected chi connectivity index (χ4v) is 3.80.